The van der Waals surface area contributed by atoms with E-state index in [0.29, 0.717) is 12.1 Å². The zero-order chi connectivity index (χ0) is 12.3. The third-order valence-corrected chi connectivity index (χ3v) is 4.07. The molecule has 0 atom stereocenters. The van der Waals surface area contributed by atoms with Crippen molar-refractivity contribution in [2.45, 2.75) is 25.9 Å². The highest BCUT2D eigenvalue weighted by Crippen LogP contribution is 2.19. The van der Waals surface area contributed by atoms with Gasteiger partial charge in [-0.25, -0.2) is 8.78 Å². The molecule has 90 valence electrons. The molecule has 0 aliphatic carbocycles. The average Bonchev–Trinajstić information content (AvgIpc) is 2.15. The number of rotatable bonds is 4. The summed E-state index contributed by atoms with van der Waals surface area (Å²) in [6.07, 6.45) is 0. The van der Waals surface area contributed by atoms with Gasteiger partial charge in [0.1, 0.15) is 11.6 Å². The number of alkyl halides is 1. The van der Waals surface area contributed by atoms with E-state index in [2.05, 4.69) is 34.7 Å². The second-order valence-corrected chi connectivity index (χ2v) is 5.14. The molecule has 0 aliphatic rings. The Morgan fingerprint density at radius 3 is 2.12 bits per heavy atom. The molecule has 0 unspecified atom stereocenters. The summed E-state index contributed by atoms with van der Waals surface area (Å²) in [4.78, 5) is 2.05. The van der Waals surface area contributed by atoms with Gasteiger partial charge in [-0.1, -0.05) is 15.9 Å². The van der Waals surface area contributed by atoms with Crippen molar-refractivity contribution < 1.29 is 8.78 Å². The molecular formula is C12H16BrF2N. The third-order valence-electron chi connectivity index (χ3n) is 2.70. The lowest BCUT2D eigenvalue weighted by Crippen LogP contribution is -2.42. The van der Waals surface area contributed by atoms with Crippen LogP contribution in [0.15, 0.2) is 18.2 Å². The molecule has 0 saturated heterocycles. The monoisotopic (exact) mass is 291 g/mol. The first kappa shape index (κ1) is 13.6. The fourth-order valence-electron chi connectivity index (χ4n) is 1.29. The first-order valence-corrected chi connectivity index (χ1v) is 6.19. The van der Waals surface area contributed by atoms with E-state index in [1.54, 1.807) is 0 Å². The van der Waals surface area contributed by atoms with Gasteiger partial charge in [-0.3, -0.25) is 4.90 Å². The Labute approximate surface area is 104 Å². The minimum Gasteiger partial charge on any atom is -0.296 e. The molecule has 0 amide bonds. The van der Waals surface area contributed by atoms with E-state index in [4.69, 9.17) is 0 Å². The number of hydrogen-bond acceptors (Lipinski definition) is 1. The molecule has 16 heavy (non-hydrogen) atoms. The van der Waals surface area contributed by atoms with Crippen LogP contribution in [0, 0.1) is 11.6 Å². The smallest absolute Gasteiger partial charge is 0.126 e. The Morgan fingerprint density at radius 1 is 1.19 bits per heavy atom. The topological polar surface area (TPSA) is 3.24 Å². The van der Waals surface area contributed by atoms with E-state index < -0.39 is 11.6 Å². The van der Waals surface area contributed by atoms with Crippen molar-refractivity contribution in [2.24, 2.45) is 0 Å². The molecule has 1 aromatic rings. The Balaban J connectivity index is 2.80. The summed E-state index contributed by atoms with van der Waals surface area (Å²) in [7, 11) is 1.93. The van der Waals surface area contributed by atoms with Crippen LogP contribution in [0.4, 0.5) is 8.78 Å². The summed E-state index contributed by atoms with van der Waals surface area (Å²) in [5.74, 6) is -1.06. The van der Waals surface area contributed by atoms with Crippen LogP contribution in [0.25, 0.3) is 0 Å². The normalized spacial score (nSPS) is 12.2. The summed E-state index contributed by atoms with van der Waals surface area (Å²) in [6.45, 7) is 4.65. The van der Waals surface area contributed by atoms with Crippen LogP contribution in [0.1, 0.15) is 19.4 Å². The molecule has 0 radical (unpaired) electrons. The maximum absolute atomic E-state index is 13.0. The van der Waals surface area contributed by atoms with Crippen LogP contribution in [0.3, 0.4) is 0 Å². The molecule has 0 spiro atoms. The summed E-state index contributed by atoms with van der Waals surface area (Å²) in [5.41, 5.74) is 0.594. The highest BCUT2D eigenvalue weighted by Gasteiger charge is 2.22. The SMILES string of the molecule is CN(Cc1cc(F)cc(F)c1)C(C)(C)CBr. The molecule has 1 nitrogen and oxygen atoms in total. The van der Waals surface area contributed by atoms with Crippen LogP contribution < -0.4 is 0 Å². The third kappa shape index (κ3) is 3.52. The quantitative estimate of drug-likeness (QED) is 0.767. The lowest BCUT2D eigenvalue weighted by atomic mass is 10.1. The largest absolute Gasteiger partial charge is 0.296 e. The lowest BCUT2D eigenvalue weighted by Gasteiger charge is -2.34. The van der Waals surface area contributed by atoms with Crippen molar-refractivity contribution in [2.75, 3.05) is 12.4 Å². The molecule has 0 saturated carbocycles. The standard InChI is InChI=1S/C12H16BrF2N/c1-12(2,8-13)16(3)7-9-4-10(14)6-11(15)5-9/h4-6H,7-8H2,1-3H3. The second kappa shape index (κ2) is 5.23. The molecular weight excluding hydrogens is 276 g/mol. The van der Waals surface area contributed by atoms with Gasteiger partial charge in [-0.05, 0) is 38.6 Å². The molecule has 0 heterocycles. The van der Waals surface area contributed by atoms with Crippen molar-refractivity contribution in [1.82, 2.24) is 4.90 Å². The van der Waals surface area contributed by atoms with Crippen molar-refractivity contribution in [3.63, 3.8) is 0 Å². The van der Waals surface area contributed by atoms with E-state index in [-0.39, 0.29) is 5.54 Å². The minimum atomic E-state index is -0.528. The fraction of sp³-hybridized carbons (Fsp3) is 0.500. The zero-order valence-electron chi connectivity index (χ0n) is 9.73. The summed E-state index contributed by atoms with van der Waals surface area (Å²) >= 11 is 3.42. The van der Waals surface area contributed by atoms with E-state index in [1.807, 2.05) is 7.05 Å². The maximum Gasteiger partial charge on any atom is 0.126 e. The van der Waals surface area contributed by atoms with Gasteiger partial charge in [0.2, 0.25) is 0 Å². The number of nitrogens with zero attached hydrogens (tertiary/aromatic N) is 1. The number of benzene rings is 1. The second-order valence-electron chi connectivity index (χ2n) is 4.58. The minimum absolute atomic E-state index is 0.0528. The Bertz CT molecular complexity index is 346. The van der Waals surface area contributed by atoms with Gasteiger partial charge in [-0.15, -0.1) is 0 Å². The van der Waals surface area contributed by atoms with Crippen LogP contribution in [0.2, 0.25) is 0 Å². The van der Waals surface area contributed by atoms with Crippen molar-refractivity contribution in [3.8, 4) is 0 Å². The highest BCUT2D eigenvalue weighted by atomic mass is 79.9. The molecule has 1 rings (SSSR count). The van der Waals surface area contributed by atoms with Crippen molar-refractivity contribution in [3.05, 3.63) is 35.4 Å². The molecule has 0 bridgehead atoms. The van der Waals surface area contributed by atoms with Gasteiger partial charge in [0.15, 0.2) is 0 Å². The Morgan fingerprint density at radius 2 is 1.69 bits per heavy atom. The van der Waals surface area contributed by atoms with Crippen LogP contribution in [0.5, 0.6) is 0 Å². The predicted octanol–water partition coefficient (Wildman–Crippen LogP) is 3.57. The fourth-order valence-corrected chi connectivity index (χ4v) is 1.72. The predicted molar refractivity (Wildman–Crippen MR) is 65.7 cm³/mol. The number of halogens is 3. The Kier molecular flexibility index (Phi) is 4.44. The van der Waals surface area contributed by atoms with Crippen molar-refractivity contribution >= 4 is 15.9 Å². The van der Waals surface area contributed by atoms with E-state index in [1.165, 1.54) is 12.1 Å². The lowest BCUT2D eigenvalue weighted by molar-refractivity contribution is 0.173. The van der Waals surface area contributed by atoms with Gasteiger partial charge >= 0.3 is 0 Å². The summed E-state index contributed by atoms with van der Waals surface area (Å²) in [5, 5.41) is 0.800. The van der Waals surface area contributed by atoms with Crippen molar-refractivity contribution in [1.29, 1.82) is 0 Å². The highest BCUT2D eigenvalue weighted by molar-refractivity contribution is 9.09. The molecule has 4 heteroatoms. The van der Waals surface area contributed by atoms with Crippen LogP contribution in [-0.4, -0.2) is 22.8 Å². The Hall–Kier alpha value is -0.480. The van der Waals surface area contributed by atoms with E-state index in [0.717, 1.165) is 11.4 Å². The molecule has 0 aliphatic heterocycles. The van der Waals surface area contributed by atoms with Gasteiger partial charge in [-0.2, -0.15) is 0 Å². The molecule has 1 aromatic carbocycles. The maximum atomic E-state index is 13.0. The summed E-state index contributed by atoms with van der Waals surface area (Å²) in [6, 6.07) is 3.62. The molecule has 0 aromatic heterocycles. The molecule has 0 fully saturated rings. The van der Waals surface area contributed by atoms with E-state index in [9.17, 15) is 8.78 Å². The van der Waals surface area contributed by atoms with Gasteiger partial charge in [0.05, 0.1) is 0 Å². The van der Waals surface area contributed by atoms with Gasteiger partial charge in [0, 0.05) is 23.5 Å². The first-order valence-electron chi connectivity index (χ1n) is 5.07. The van der Waals surface area contributed by atoms with Gasteiger partial charge in [0.25, 0.3) is 0 Å². The molecule has 0 N–H and O–H groups in total. The van der Waals surface area contributed by atoms with E-state index >= 15 is 0 Å². The first-order chi connectivity index (χ1) is 7.35. The zero-order valence-corrected chi connectivity index (χ0v) is 11.3. The number of hydrogen-bond donors (Lipinski definition) is 0. The van der Waals surface area contributed by atoms with Crippen LogP contribution >= 0.6 is 15.9 Å². The summed E-state index contributed by atoms with van der Waals surface area (Å²) < 4.78 is 26.0. The average molecular weight is 292 g/mol. The van der Waals surface area contributed by atoms with Crippen LogP contribution in [-0.2, 0) is 6.54 Å². The van der Waals surface area contributed by atoms with Gasteiger partial charge < -0.3 is 0 Å².